The van der Waals surface area contributed by atoms with Crippen molar-refractivity contribution in [2.45, 2.75) is 96.6 Å². The molecule has 8 rings (SSSR count). The fraction of sp³-hybridized carbons (Fsp3) is 0.380. The summed E-state index contributed by atoms with van der Waals surface area (Å²) in [5.41, 5.74) is 5.54. The van der Waals surface area contributed by atoms with Crippen molar-refractivity contribution in [2.75, 3.05) is 20.3 Å². The molecule has 0 saturated carbocycles. The quantitative estimate of drug-likeness (QED) is 0.0813. The van der Waals surface area contributed by atoms with Crippen LogP contribution < -0.4 is 10.4 Å². The molecule has 3 aliphatic heterocycles. The van der Waals surface area contributed by atoms with Crippen molar-refractivity contribution in [1.82, 2.24) is 0 Å². The number of fused-ring (bicyclic) bond motifs is 13. The number of carbonyl (C=O) groups excluding carboxylic acids is 2. The van der Waals surface area contributed by atoms with Crippen LogP contribution in [0.5, 0.6) is 5.75 Å². The van der Waals surface area contributed by atoms with Crippen LogP contribution in [-0.4, -0.2) is 54.2 Å². The lowest BCUT2D eigenvalue weighted by Gasteiger charge is -2.43. The Labute approximate surface area is 350 Å². The molecular formula is C50H54O10. The van der Waals surface area contributed by atoms with Crippen LogP contribution in [0.2, 0.25) is 0 Å². The van der Waals surface area contributed by atoms with Crippen molar-refractivity contribution >= 4 is 22.9 Å². The molecule has 3 aliphatic rings. The van der Waals surface area contributed by atoms with E-state index in [9.17, 15) is 24.6 Å². The van der Waals surface area contributed by atoms with E-state index in [1.165, 1.54) is 23.8 Å². The molecule has 10 nitrogen and oxygen atoms in total. The molecule has 10 heteroatoms. The smallest absolute Gasteiger partial charge is 0.339 e. The summed E-state index contributed by atoms with van der Waals surface area (Å²) in [6.07, 6.45) is 1.54. The molecule has 3 unspecified atom stereocenters. The molecule has 1 aromatic heterocycles. The monoisotopic (exact) mass is 814 g/mol. The fourth-order valence-corrected chi connectivity index (χ4v) is 8.56. The highest BCUT2D eigenvalue weighted by Gasteiger charge is 2.50. The number of carbonyl (C=O) groups is 2. The molecule has 0 saturated heterocycles. The van der Waals surface area contributed by atoms with Gasteiger partial charge in [0.05, 0.1) is 25.4 Å². The third kappa shape index (κ3) is 9.57. The number of hydrogen-bond donors (Lipinski definition) is 2. The van der Waals surface area contributed by atoms with Gasteiger partial charge in [-0.1, -0.05) is 78.9 Å². The first-order valence-electron chi connectivity index (χ1n) is 20.8. The largest absolute Gasteiger partial charge is 0.483 e. The molecular weight excluding hydrogens is 761 g/mol. The molecule has 4 aromatic carbocycles. The normalized spacial score (nSPS) is 20.1. The van der Waals surface area contributed by atoms with Gasteiger partial charge >= 0.3 is 17.6 Å². The van der Waals surface area contributed by atoms with E-state index in [1.54, 1.807) is 32.9 Å². The number of aryl methyl sites for hydroxylation is 2. The van der Waals surface area contributed by atoms with E-state index in [0.29, 0.717) is 47.8 Å². The van der Waals surface area contributed by atoms with Crippen LogP contribution in [0, 0.1) is 5.92 Å². The molecule has 4 heterocycles. The maximum Gasteiger partial charge on any atom is 0.339 e. The predicted octanol–water partition coefficient (Wildman–Crippen LogP) is 7.87. The highest BCUT2D eigenvalue weighted by atomic mass is 16.6. The topological polar surface area (TPSA) is 142 Å². The van der Waals surface area contributed by atoms with Crippen LogP contribution in [0.1, 0.15) is 90.6 Å². The summed E-state index contributed by atoms with van der Waals surface area (Å²) in [5, 5.41) is 21.2. The third-order valence-corrected chi connectivity index (χ3v) is 11.9. The first-order chi connectivity index (χ1) is 29.0. The van der Waals surface area contributed by atoms with Gasteiger partial charge in [0.2, 0.25) is 0 Å². The Morgan fingerprint density at radius 1 is 0.800 bits per heavy atom. The molecule has 0 fully saturated rings. The van der Waals surface area contributed by atoms with E-state index < -0.39 is 42.0 Å². The van der Waals surface area contributed by atoms with Gasteiger partial charge in [-0.3, -0.25) is 4.79 Å². The molecule has 0 aliphatic carbocycles. The van der Waals surface area contributed by atoms with Crippen molar-refractivity contribution in [3.05, 3.63) is 157 Å². The van der Waals surface area contributed by atoms with Crippen molar-refractivity contribution in [3.8, 4) is 5.75 Å². The molecule has 314 valence electrons. The standard InChI is InChI=1S/C50H54O10/c1-31(29-51)38-20-19-32-13-15-35(16-14-32)27-37(18-17-34-11-8-12-36(26-34)25-33-9-6-5-7-10-33)28-43(53)57-46-44-42(60-50(2,3)47(46)59-48(38)54)22-21-39-41(30-52)40(23-24-56-4)49(55)58-45(39)44/h5-16,21-22,26,37,46-47,51-52H,17-20,23-25,27-30H2,1-4H3. The molecule has 2 N–H and O–H groups in total. The SMILES string of the molecule is COCCc1c(CO)c2ccc3c(c2oc1=O)C1OC(=O)CC(CCc2cccc(Cc4ccccc4)c2)Cc2ccc(cc2)CCC(=C(C)CO)C(=O)OC1C(C)(C)O3. The second-order valence-electron chi connectivity index (χ2n) is 16.6. The van der Waals surface area contributed by atoms with E-state index in [2.05, 4.69) is 48.5 Å². The summed E-state index contributed by atoms with van der Waals surface area (Å²) in [4.78, 5) is 42.3. The zero-order valence-electron chi connectivity index (χ0n) is 34.8. The molecule has 60 heavy (non-hydrogen) atoms. The summed E-state index contributed by atoms with van der Waals surface area (Å²) in [7, 11) is 1.52. The minimum absolute atomic E-state index is 0.0613. The minimum atomic E-state index is -1.26. The van der Waals surface area contributed by atoms with Crippen LogP contribution >= 0.6 is 0 Å². The summed E-state index contributed by atoms with van der Waals surface area (Å²) in [6, 6.07) is 30.6. The summed E-state index contributed by atoms with van der Waals surface area (Å²) < 4.78 is 30.6. The first kappa shape index (κ1) is 42.6. The van der Waals surface area contributed by atoms with Crippen LogP contribution in [0.3, 0.4) is 0 Å². The van der Waals surface area contributed by atoms with E-state index >= 15 is 0 Å². The van der Waals surface area contributed by atoms with Gasteiger partial charge in [0.15, 0.2) is 12.2 Å². The summed E-state index contributed by atoms with van der Waals surface area (Å²) >= 11 is 0. The number of aliphatic hydroxyl groups is 2. The average Bonchev–Trinajstić information content (AvgIpc) is 3.23. The molecule has 2 bridgehead atoms. The highest BCUT2D eigenvalue weighted by molar-refractivity contribution is 5.90. The van der Waals surface area contributed by atoms with Crippen LogP contribution in [0.15, 0.2) is 111 Å². The Kier molecular flexibility index (Phi) is 13.3. The van der Waals surface area contributed by atoms with Crippen LogP contribution in [0.25, 0.3) is 11.0 Å². The fourth-order valence-electron chi connectivity index (χ4n) is 8.56. The molecule has 3 atom stereocenters. The molecule has 5 aromatic rings. The molecule has 0 amide bonds. The van der Waals surface area contributed by atoms with Gasteiger partial charge in [0.1, 0.15) is 16.9 Å². The maximum atomic E-state index is 14.5. The first-order valence-corrected chi connectivity index (χ1v) is 20.8. The average molecular weight is 815 g/mol. The van der Waals surface area contributed by atoms with Crippen molar-refractivity contribution in [3.63, 3.8) is 0 Å². The van der Waals surface area contributed by atoms with Crippen LogP contribution in [0.4, 0.5) is 0 Å². The summed E-state index contributed by atoms with van der Waals surface area (Å²) in [6.45, 7) is 4.61. The zero-order valence-corrected chi connectivity index (χ0v) is 34.8. The van der Waals surface area contributed by atoms with Gasteiger partial charge < -0.3 is 33.6 Å². The lowest BCUT2D eigenvalue weighted by Crippen LogP contribution is -2.52. The Balaban J connectivity index is 1.28. The summed E-state index contributed by atoms with van der Waals surface area (Å²) in [5.74, 6) is -1.02. The number of aliphatic hydroxyl groups excluding tert-OH is 2. The third-order valence-electron chi connectivity index (χ3n) is 11.9. The van der Waals surface area contributed by atoms with Gasteiger partial charge in [0, 0.05) is 36.5 Å². The van der Waals surface area contributed by atoms with E-state index in [4.69, 9.17) is 23.4 Å². The Morgan fingerprint density at radius 3 is 2.27 bits per heavy atom. The Morgan fingerprint density at radius 2 is 1.53 bits per heavy atom. The predicted molar refractivity (Wildman–Crippen MR) is 228 cm³/mol. The number of ether oxygens (including phenoxy) is 4. The van der Waals surface area contributed by atoms with Crippen molar-refractivity contribution < 1.29 is 43.2 Å². The van der Waals surface area contributed by atoms with Crippen molar-refractivity contribution in [1.29, 1.82) is 0 Å². The number of methoxy groups -OCH3 is 1. The number of hydrogen-bond acceptors (Lipinski definition) is 10. The highest BCUT2D eigenvalue weighted by Crippen LogP contribution is 2.47. The Hall–Kier alpha value is -5.55. The second-order valence-corrected chi connectivity index (χ2v) is 16.6. The second kappa shape index (κ2) is 18.8. The maximum absolute atomic E-state index is 14.5. The molecule has 0 radical (unpaired) electrons. The molecule has 0 spiro atoms. The van der Waals surface area contributed by atoms with Gasteiger partial charge in [-0.2, -0.15) is 0 Å². The van der Waals surface area contributed by atoms with Crippen molar-refractivity contribution in [2.24, 2.45) is 5.92 Å². The lowest BCUT2D eigenvalue weighted by molar-refractivity contribution is -0.188. The van der Waals surface area contributed by atoms with Gasteiger partial charge in [0.25, 0.3) is 0 Å². The number of rotatable bonds is 10. The number of benzene rings is 4. The van der Waals surface area contributed by atoms with E-state index in [1.807, 2.05) is 30.3 Å². The van der Waals surface area contributed by atoms with E-state index in [-0.39, 0.29) is 54.4 Å². The zero-order chi connectivity index (χ0) is 42.4. The Bertz CT molecular complexity index is 2410. The van der Waals surface area contributed by atoms with Gasteiger partial charge in [-0.25, -0.2) is 9.59 Å². The minimum Gasteiger partial charge on any atom is -0.483 e. The van der Waals surface area contributed by atoms with Crippen LogP contribution in [-0.2, 0) is 62.5 Å². The number of esters is 2. The lowest BCUT2D eigenvalue weighted by atomic mass is 9.86. The van der Waals surface area contributed by atoms with E-state index in [0.717, 1.165) is 24.0 Å². The van der Waals surface area contributed by atoms with Gasteiger partial charge in [-0.05, 0) is 116 Å². The van der Waals surface area contributed by atoms with Gasteiger partial charge in [-0.15, -0.1) is 0 Å².